The average molecular weight is 380 g/mol. The highest BCUT2D eigenvalue weighted by molar-refractivity contribution is 6.32. The van der Waals surface area contributed by atoms with Crippen molar-refractivity contribution in [1.82, 2.24) is 0 Å². The SMILES string of the molecule is CCOc1ccccc1N1C(=O)[C@H]2[C@H](C1=O)[C@H]1C(Cl)=C[C@H]2c2ccccc21. The van der Waals surface area contributed by atoms with Crippen molar-refractivity contribution in [1.29, 1.82) is 0 Å². The van der Waals surface area contributed by atoms with Gasteiger partial charge >= 0.3 is 0 Å². The summed E-state index contributed by atoms with van der Waals surface area (Å²) in [6, 6.07) is 15.2. The maximum Gasteiger partial charge on any atom is 0.238 e. The van der Waals surface area contributed by atoms with E-state index in [-0.39, 0.29) is 23.7 Å². The van der Waals surface area contributed by atoms with Crippen LogP contribution in [0.25, 0.3) is 0 Å². The standard InChI is InChI=1S/C22H18ClNO3/c1-2-27-17-10-6-5-9-16(17)24-21(25)19-14-11-15(23)18(20(19)22(24)26)13-8-4-3-7-12(13)14/h3-11,14,18-20H,2H2,1H3/t14-,18+,19+,20+/m0/s1. The zero-order valence-electron chi connectivity index (χ0n) is 14.8. The van der Waals surface area contributed by atoms with Crippen LogP contribution in [0.2, 0.25) is 0 Å². The topological polar surface area (TPSA) is 46.6 Å². The van der Waals surface area contributed by atoms with Crippen molar-refractivity contribution < 1.29 is 14.3 Å². The molecule has 0 aromatic heterocycles. The van der Waals surface area contributed by atoms with Gasteiger partial charge in [0.05, 0.1) is 24.1 Å². The monoisotopic (exact) mass is 379 g/mol. The Morgan fingerprint density at radius 3 is 2.41 bits per heavy atom. The van der Waals surface area contributed by atoms with Crippen LogP contribution >= 0.6 is 11.6 Å². The van der Waals surface area contributed by atoms with Crippen molar-refractivity contribution in [3.8, 4) is 5.75 Å². The minimum absolute atomic E-state index is 0.163. The van der Waals surface area contributed by atoms with Crippen LogP contribution in [0.4, 0.5) is 5.69 Å². The van der Waals surface area contributed by atoms with Gasteiger partial charge in [0.2, 0.25) is 11.8 Å². The van der Waals surface area contributed by atoms with Crippen LogP contribution in [0, 0.1) is 11.8 Å². The molecule has 1 aliphatic heterocycles. The van der Waals surface area contributed by atoms with E-state index in [9.17, 15) is 9.59 Å². The number of amides is 2. The molecule has 0 N–H and O–H groups in total. The van der Waals surface area contributed by atoms with Gasteiger partial charge in [0.1, 0.15) is 5.75 Å². The van der Waals surface area contributed by atoms with Crippen molar-refractivity contribution in [3.05, 3.63) is 70.8 Å². The number of carbonyl (C=O) groups is 2. The summed E-state index contributed by atoms with van der Waals surface area (Å²) >= 11 is 6.55. The third-order valence-corrected chi connectivity index (χ3v) is 6.24. The van der Waals surface area contributed by atoms with Gasteiger partial charge in [0.15, 0.2) is 0 Å². The Bertz CT molecular complexity index is 999. The van der Waals surface area contributed by atoms with E-state index in [2.05, 4.69) is 0 Å². The van der Waals surface area contributed by atoms with Gasteiger partial charge in [-0.3, -0.25) is 9.59 Å². The van der Waals surface area contributed by atoms with Gasteiger partial charge < -0.3 is 4.74 Å². The van der Waals surface area contributed by atoms with Crippen LogP contribution in [0.15, 0.2) is 59.6 Å². The van der Waals surface area contributed by atoms with Gasteiger partial charge in [-0.25, -0.2) is 4.90 Å². The average Bonchev–Trinajstić information content (AvgIpc) is 2.94. The highest BCUT2D eigenvalue weighted by Gasteiger charge is 2.60. The molecule has 136 valence electrons. The van der Waals surface area contributed by atoms with E-state index in [1.807, 2.05) is 49.4 Å². The van der Waals surface area contributed by atoms with Crippen molar-refractivity contribution in [2.75, 3.05) is 11.5 Å². The van der Waals surface area contributed by atoms with Crippen LogP contribution in [0.5, 0.6) is 5.75 Å². The number of carbonyl (C=O) groups excluding carboxylic acids is 2. The molecule has 3 aliphatic carbocycles. The molecule has 2 aromatic carbocycles. The predicted octanol–water partition coefficient (Wildman–Crippen LogP) is 4.21. The lowest BCUT2D eigenvalue weighted by Crippen LogP contribution is -2.38. The fourth-order valence-corrected chi connectivity index (χ4v) is 5.26. The van der Waals surface area contributed by atoms with Gasteiger partial charge in [-0.2, -0.15) is 0 Å². The first-order valence-corrected chi connectivity index (χ1v) is 9.57. The third kappa shape index (κ3) is 2.16. The number of ether oxygens (including phenoxy) is 1. The van der Waals surface area contributed by atoms with Gasteiger partial charge in [-0.1, -0.05) is 54.1 Å². The maximum atomic E-state index is 13.4. The smallest absolute Gasteiger partial charge is 0.238 e. The van der Waals surface area contributed by atoms with Crippen molar-refractivity contribution in [2.24, 2.45) is 11.8 Å². The highest BCUT2D eigenvalue weighted by Crippen LogP contribution is 2.59. The van der Waals surface area contributed by atoms with Crippen molar-refractivity contribution >= 4 is 29.1 Å². The van der Waals surface area contributed by atoms with E-state index in [1.165, 1.54) is 4.90 Å². The molecular formula is C22H18ClNO3. The van der Waals surface area contributed by atoms with Gasteiger partial charge in [-0.15, -0.1) is 0 Å². The number of hydrogen-bond donors (Lipinski definition) is 0. The summed E-state index contributed by atoms with van der Waals surface area (Å²) in [5.74, 6) is -1.08. The molecule has 5 heteroatoms. The molecule has 0 radical (unpaired) electrons. The molecule has 6 rings (SSSR count). The number of para-hydroxylation sites is 2. The van der Waals surface area contributed by atoms with E-state index < -0.39 is 11.8 Å². The normalized spacial score (nSPS) is 28.1. The molecular weight excluding hydrogens is 362 g/mol. The fraction of sp³-hybridized carbons (Fsp3) is 0.273. The number of halogens is 1. The maximum absolute atomic E-state index is 13.4. The molecule has 1 saturated heterocycles. The Morgan fingerprint density at radius 2 is 1.63 bits per heavy atom. The Morgan fingerprint density at radius 1 is 0.963 bits per heavy atom. The number of anilines is 1. The summed E-state index contributed by atoms with van der Waals surface area (Å²) in [6.07, 6.45) is 1.96. The number of benzene rings is 2. The second-order valence-corrected chi connectivity index (χ2v) is 7.58. The van der Waals surface area contributed by atoms with E-state index in [4.69, 9.17) is 16.3 Å². The summed E-state index contributed by atoms with van der Waals surface area (Å²) < 4.78 is 5.67. The molecule has 27 heavy (non-hydrogen) atoms. The van der Waals surface area contributed by atoms with Gasteiger partial charge in [0, 0.05) is 16.9 Å². The number of imide groups is 1. The molecule has 1 fully saturated rings. The highest BCUT2D eigenvalue weighted by atomic mass is 35.5. The number of nitrogens with zero attached hydrogens (tertiary/aromatic N) is 1. The minimum atomic E-state index is -0.454. The second kappa shape index (κ2) is 5.96. The zero-order chi connectivity index (χ0) is 18.7. The summed E-state index contributed by atoms with van der Waals surface area (Å²) in [7, 11) is 0. The van der Waals surface area contributed by atoms with Crippen LogP contribution in [0.3, 0.4) is 0 Å². The molecule has 0 saturated carbocycles. The molecule has 4 atom stereocenters. The molecule has 4 nitrogen and oxygen atoms in total. The molecule has 2 amide bonds. The fourth-order valence-electron chi connectivity index (χ4n) is 4.87. The quantitative estimate of drug-likeness (QED) is 0.750. The zero-order valence-corrected chi connectivity index (χ0v) is 15.5. The van der Waals surface area contributed by atoms with E-state index in [1.54, 1.807) is 12.1 Å². The first-order chi connectivity index (χ1) is 13.1. The van der Waals surface area contributed by atoms with Crippen LogP contribution < -0.4 is 9.64 Å². The lowest BCUT2D eigenvalue weighted by atomic mass is 9.60. The first kappa shape index (κ1) is 16.6. The summed E-state index contributed by atoms with van der Waals surface area (Å²) in [5.41, 5.74) is 2.69. The lowest BCUT2D eigenvalue weighted by molar-refractivity contribution is -0.122. The number of hydrogen-bond acceptors (Lipinski definition) is 3. The molecule has 1 heterocycles. The largest absolute Gasteiger partial charge is 0.492 e. The van der Waals surface area contributed by atoms with Crippen LogP contribution in [-0.2, 0) is 9.59 Å². The van der Waals surface area contributed by atoms with Gasteiger partial charge in [-0.05, 0) is 30.2 Å². The summed E-state index contributed by atoms with van der Waals surface area (Å²) in [4.78, 5) is 28.1. The third-order valence-electron chi connectivity index (χ3n) is 5.88. The first-order valence-electron chi connectivity index (χ1n) is 9.19. The summed E-state index contributed by atoms with van der Waals surface area (Å²) in [5, 5.41) is 0.668. The Balaban J connectivity index is 1.64. The minimum Gasteiger partial charge on any atom is -0.492 e. The molecule has 2 bridgehead atoms. The molecule has 0 spiro atoms. The molecule has 0 unspecified atom stereocenters. The Kier molecular flexibility index (Phi) is 3.66. The van der Waals surface area contributed by atoms with E-state index in [0.29, 0.717) is 23.1 Å². The molecule has 4 aliphatic rings. The van der Waals surface area contributed by atoms with Gasteiger partial charge in [0.25, 0.3) is 0 Å². The lowest BCUT2D eigenvalue weighted by Gasteiger charge is -2.42. The van der Waals surface area contributed by atoms with E-state index >= 15 is 0 Å². The van der Waals surface area contributed by atoms with Crippen molar-refractivity contribution in [3.63, 3.8) is 0 Å². The van der Waals surface area contributed by atoms with Crippen LogP contribution in [-0.4, -0.2) is 18.4 Å². The number of allylic oxidation sites excluding steroid dienone is 2. The molecule has 2 aromatic rings. The Labute approximate surface area is 162 Å². The van der Waals surface area contributed by atoms with E-state index in [0.717, 1.165) is 11.1 Å². The Hall–Kier alpha value is -2.59. The predicted molar refractivity (Wildman–Crippen MR) is 103 cm³/mol. The number of rotatable bonds is 3. The summed E-state index contributed by atoms with van der Waals surface area (Å²) in [6.45, 7) is 2.34. The van der Waals surface area contributed by atoms with Crippen LogP contribution in [0.1, 0.15) is 29.9 Å². The van der Waals surface area contributed by atoms with Crippen molar-refractivity contribution in [2.45, 2.75) is 18.8 Å². The second-order valence-electron chi connectivity index (χ2n) is 7.15.